The van der Waals surface area contributed by atoms with E-state index in [-0.39, 0.29) is 5.91 Å². The molecule has 0 saturated carbocycles. The van der Waals surface area contributed by atoms with E-state index >= 15 is 0 Å². The van der Waals surface area contributed by atoms with Gasteiger partial charge in [0, 0.05) is 17.1 Å². The molecule has 0 aliphatic rings. The number of rotatable bonds is 8. The molecule has 0 aliphatic heterocycles. The first kappa shape index (κ1) is 18.3. The zero-order chi connectivity index (χ0) is 18.2. The van der Waals surface area contributed by atoms with Gasteiger partial charge in [-0.1, -0.05) is 36.4 Å². The first-order valence-electron chi connectivity index (χ1n) is 8.45. The van der Waals surface area contributed by atoms with E-state index in [9.17, 15) is 4.79 Å². The molecule has 3 rings (SSSR count). The Morgan fingerprint density at radius 3 is 2.62 bits per heavy atom. The smallest absolute Gasteiger partial charge is 0.238 e. The Hall–Kier alpha value is -2.50. The number of benzene rings is 2. The van der Waals surface area contributed by atoms with E-state index in [0.717, 1.165) is 21.9 Å². The standard InChI is InChI=1S/C21H22N2O2S/c1-26-20-11-5-9-18(13-20)22-21(24)16-23(15-19-10-6-12-25-19)14-17-7-3-2-4-8-17/h2-13H,14-16H2,1H3,(H,22,24). The summed E-state index contributed by atoms with van der Waals surface area (Å²) in [5.41, 5.74) is 1.98. The topological polar surface area (TPSA) is 45.5 Å². The lowest BCUT2D eigenvalue weighted by atomic mass is 10.2. The molecule has 134 valence electrons. The summed E-state index contributed by atoms with van der Waals surface area (Å²) in [5.74, 6) is 0.809. The number of amides is 1. The number of carbonyl (C=O) groups is 1. The summed E-state index contributed by atoms with van der Waals surface area (Å²) in [4.78, 5) is 15.7. The third-order valence-electron chi connectivity index (χ3n) is 3.93. The van der Waals surface area contributed by atoms with Crippen LogP contribution < -0.4 is 5.32 Å². The highest BCUT2D eigenvalue weighted by Crippen LogP contribution is 2.19. The molecule has 1 N–H and O–H groups in total. The molecule has 5 heteroatoms. The highest BCUT2D eigenvalue weighted by atomic mass is 32.2. The lowest BCUT2D eigenvalue weighted by Gasteiger charge is -2.21. The van der Waals surface area contributed by atoms with Crippen LogP contribution in [0.1, 0.15) is 11.3 Å². The van der Waals surface area contributed by atoms with Crippen molar-refractivity contribution in [3.8, 4) is 0 Å². The summed E-state index contributed by atoms with van der Waals surface area (Å²) in [6.07, 6.45) is 3.68. The van der Waals surface area contributed by atoms with Crippen LogP contribution in [0.4, 0.5) is 5.69 Å². The van der Waals surface area contributed by atoms with Crippen molar-refractivity contribution in [3.63, 3.8) is 0 Å². The first-order chi connectivity index (χ1) is 12.7. The van der Waals surface area contributed by atoms with Gasteiger partial charge >= 0.3 is 0 Å². The number of nitrogens with one attached hydrogen (secondary N) is 1. The van der Waals surface area contributed by atoms with E-state index in [1.54, 1.807) is 18.0 Å². The molecule has 4 nitrogen and oxygen atoms in total. The van der Waals surface area contributed by atoms with Crippen LogP contribution >= 0.6 is 11.8 Å². The molecular formula is C21H22N2O2S. The molecule has 2 aromatic carbocycles. The summed E-state index contributed by atoms with van der Waals surface area (Å²) in [5, 5.41) is 2.99. The van der Waals surface area contributed by atoms with Gasteiger partial charge in [-0.05, 0) is 42.2 Å². The Morgan fingerprint density at radius 2 is 1.88 bits per heavy atom. The van der Waals surface area contributed by atoms with E-state index < -0.39 is 0 Å². The van der Waals surface area contributed by atoms with Crippen LogP contribution in [0.2, 0.25) is 0 Å². The van der Waals surface area contributed by atoms with Crippen LogP contribution in [0.3, 0.4) is 0 Å². The van der Waals surface area contributed by atoms with Crippen molar-refractivity contribution in [2.75, 3.05) is 18.1 Å². The van der Waals surface area contributed by atoms with Gasteiger partial charge in [0.2, 0.25) is 5.91 Å². The fourth-order valence-corrected chi connectivity index (χ4v) is 3.20. The Labute approximate surface area is 158 Å². The van der Waals surface area contributed by atoms with Crippen LogP contribution in [0.25, 0.3) is 0 Å². The molecular weight excluding hydrogens is 344 g/mol. The largest absolute Gasteiger partial charge is 0.468 e. The van der Waals surface area contributed by atoms with E-state index in [1.165, 1.54) is 0 Å². The minimum absolute atomic E-state index is 0.0364. The second-order valence-corrected chi connectivity index (χ2v) is 6.87. The third kappa shape index (κ3) is 5.51. The second kappa shape index (κ2) is 9.27. The Bertz CT molecular complexity index is 819. The summed E-state index contributed by atoms with van der Waals surface area (Å²) in [7, 11) is 0. The molecule has 0 spiro atoms. The minimum Gasteiger partial charge on any atom is -0.468 e. The van der Waals surface area contributed by atoms with Crippen molar-refractivity contribution >= 4 is 23.4 Å². The van der Waals surface area contributed by atoms with Crippen molar-refractivity contribution in [1.29, 1.82) is 0 Å². The van der Waals surface area contributed by atoms with Crippen LogP contribution in [0.15, 0.2) is 82.3 Å². The lowest BCUT2D eigenvalue weighted by molar-refractivity contribution is -0.117. The van der Waals surface area contributed by atoms with Crippen LogP contribution in [0, 0.1) is 0 Å². The molecule has 0 aliphatic carbocycles. The zero-order valence-corrected chi connectivity index (χ0v) is 15.5. The summed E-state index contributed by atoms with van der Waals surface area (Å²) < 4.78 is 5.46. The van der Waals surface area contributed by atoms with Gasteiger partial charge < -0.3 is 9.73 Å². The van der Waals surface area contributed by atoms with Gasteiger partial charge in [-0.2, -0.15) is 0 Å². The van der Waals surface area contributed by atoms with Crippen LogP contribution in [-0.4, -0.2) is 23.6 Å². The summed E-state index contributed by atoms with van der Waals surface area (Å²) in [6.45, 7) is 1.55. The predicted molar refractivity (Wildman–Crippen MR) is 106 cm³/mol. The monoisotopic (exact) mass is 366 g/mol. The van der Waals surface area contributed by atoms with E-state index in [1.807, 2.05) is 60.9 Å². The van der Waals surface area contributed by atoms with Gasteiger partial charge in [0.05, 0.1) is 19.4 Å². The Morgan fingerprint density at radius 1 is 1.04 bits per heavy atom. The van der Waals surface area contributed by atoms with Crippen molar-refractivity contribution < 1.29 is 9.21 Å². The maximum absolute atomic E-state index is 12.6. The predicted octanol–water partition coefficient (Wildman–Crippen LogP) is 4.64. The van der Waals surface area contributed by atoms with Gasteiger partial charge in [-0.25, -0.2) is 0 Å². The average molecular weight is 366 g/mol. The van der Waals surface area contributed by atoms with Crippen molar-refractivity contribution in [2.45, 2.75) is 18.0 Å². The highest BCUT2D eigenvalue weighted by Gasteiger charge is 2.14. The SMILES string of the molecule is CSc1cccc(NC(=O)CN(Cc2ccccc2)Cc2ccco2)c1. The number of thioether (sulfide) groups is 1. The van der Waals surface area contributed by atoms with Gasteiger partial charge in [0.15, 0.2) is 0 Å². The highest BCUT2D eigenvalue weighted by molar-refractivity contribution is 7.98. The van der Waals surface area contributed by atoms with Crippen LogP contribution in [0.5, 0.6) is 0 Å². The normalized spacial score (nSPS) is 10.8. The number of carbonyl (C=O) groups excluding carboxylic acids is 1. The first-order valence-corrected chi connectivity index (χ1v) is 9.68. The van der Waals surface area contributed by atoms with E-state index in [0.29, 0.717) is 19.6 Å². The maximum Gasteiger partial charge on any atom is 0.238 e. The average Bonchev–Trinajstić information content (AvgIpc) is 3.15. The quantitative estimate of drug-likeness (QED) is 0.590. The molecule has 0 bridgehead atoms. The molecule has 1 amide bonds. The molecule has 1 heterocycles. The summed E-state index contributed by atoms with van der Waals surface area (Å²) in [6, 6.07) is 21.8. The second-order valence-electron chi connectivity index (χ2n) is 5.99. The molecule has 3 aromatic rings. The summed E-state index contributed by atoms with van der Waals surface area (Å²) >= 11 is 1.65. The number of hydrogen-bond donors (Lipinski definition) is 1. The molecule has 0 unspecified atom stereocenters. The lowest BCUT2D eigenvalue weighted by Crippen LogP contribution is -2.32. The maximum atomic E-state index is 12.6. The van der Waals surface area contributed by atoms with E-state index in [4.69, 9.17) is 4.42 Å². The number of hydrogen-bond acceptors (Lipinski definition) is 4. The molecule has 26 heavy (non-hydrogen) atoms. The van der Waals surface area contributed by atoms with Crippen molar-refractivity contribution in [1.82, 2.24) is 4.90 Å². The third-order valence-corrected chi connectivity index (χ3v) is 4.65. The Kier molecular flexibility index (Phi) is 6.52. The van der Waals surface area contributed by atoms with Crippen molar-refractivity contribution in [3.05, 3.63) is 84.3 Å². The minimum atomic E-state index is -0.0364. The van der Waals surface area contributed by atoms with Crippen molar-refractivity contribution in [2.24, 2.45) is 0 Å². The van der Waals surface area contributed by atoms with E-state index in [2.05, 4.69) is 22.3 Å². The molecule has 1 aromatic heterocycles. The fraction of sp³-hybridized carbons (Fsp3) is 0.190. The molecule has 0 saturated heterocycles. The fourth-order valence-electron chi connectivity index (χ4n) is 2.74. The molecule has 0 atom stereocenters. The van der Waals surface area contributed by atoms with Gasteiger partial charge in [0.1, 0.15) is 5.76 Å². The van der Waals surface area contributed by atoms with Gasteiger partial charge in [0.25, 0.3) is 0 Å². The number of nitrogens with zero attached hydrogens (tertiary/aromatic N) is 1. The molecule has 0 fully saturated rings. The Balaban J connectivity index is 1.66. The number of anilines is 1. The zero-order valence-electron chi connectivity index (χ0n) is 14.7. The molecule has 0 radical (unpaired) electrons. The van der Waals surface area contributed by atoms with Crippen LogP contribution in [-0.2, 0) is 17.9 Å². The van der Waals surface area contributed by atoms with Gasteiger partial charge in [-0.3, -0.25) is 9.69 Å². The number of furan rings is 1. The van der Waals surface area contributed by atoms with Gasteiger partial charge in [-0.15, -0.1) is 11.8 Å².